The minimum atomic E-state index is 0.339. The van der Waals surface area contributed by atoms with Crippen LogP contribution < -0.4 is 5.73 Å². The first-order valence-electron chi connectivity index (χ1n) is 7.17. The van der Waals surface area contributed by atoms with Crippen molar-refractivity contribution >= 4 is 17.1 Å². The van der Waals surface area contributed by atoms with Gasteiger partial charge >= 0.3 is 0 Å². The maximum absolute atomic E-state index is 6.09. The number of aryl methyl sites for hydroxylation is 1. The Bertz CT molecular complexity index is 593. The van der Waals surface area contributed by atoms with Gasteiger partial charge in [0.05, 0.1) is 0 Å². The highest BCUT2D eigenvalue weighted by Gasteiger charge is 2.28. The predicted molar refractivity (Wildman–Crippen MR) is 77.9 cm³/mol. The van der Waals surface area contributed by atoms with Gasteiger partial charge in [0, 0.05) is 12.2 Å². The number of nitrogens with zero attached hydrogens (tertiary/aromatic N) is 3. The molecule has 2 aromatic heterocycles. The summed E-state index contributed by atoms with van der Waals surface area (Å²) in [6.07, 6.45) is 6.58. The minimum Gasteiger partial charge on any atom is -0.369 e. The first kappa shape index (κ1) is 12.5. The zero-order chi connectivity index (χ0) is 13.5. The topological polar surface area (TPSA) is 56.7 Å². The van der Waals surface area contributed by atoms with Crippen LogP contribution in [-0.4, -0.2) is 14.5 Å². The number of pyridine rings is 1. The van der Waals surface area contributed by atoms with Crippen LogP contribution in [0.2, 0.25) is 0 Å². The average molecular weight is 258 g/mol. The molecule has 0 unspecified atom stereocenters. The van der Waals surface area contributed by atoms with Gasteiger partial charge in [-0.3, -0.25) is 4.57 Å². The van der Waals surface area contributed by atoms with E-state index in [2.05, 4.69) is 21.5 Å². The number of hydrogen-bond donors (Lipinski definition) is 1. The van der Waals surface area contributed by atoms with Gasteiger partial charge in [-0.15, -0.1) is 0 Å². The van der Waals surface area contributed by atoms with Gasteiger partial charge in [0.15, 0.2) is 5.65 Å². The van der Waals surface area contributed by atoms with Crippen LogP contribution in [0.3, 0.4) is 0 Å². The number of nitrogen functional groups attached to an aromatic ring is 1. The van der Waals surface area contributed by atoms with Gasteiger partial charge in [-0.1, -0.05) is 26.2 Å². The smallest absolute Gasteiger partial charge is 0.202 e. The largest absolute Gasteiger partial charge is 0.369 e. The zero-order valence-electron chi connectivity index (χ0n) is 11.8. The molecule has 2 aromatic rings. The van der Waals surface area contributed by atoms with Gasteiger partial charge in [0.2, 0.25) is 5.95 Å². The summed E-state index contributed by atoms with van der Waals surface area (Å²) in [5, 5.41) is 0. The van der Waals surface area contributed by atoms with Crippen molar-refractivity contribution in [3.05, 3.63) is 17.8 Å². The SMILES string of the molecule is Cc1ccc2nc(N)n(CC3(C)CCCCC3)c2n1. The minimum absolute atomic E-state index is 0.339. The van der Waals surface area contributed by atoms with Gasteiger partial charge in [0.25, 0.3) is 0 Å². The van der Waals surface area contributed by atoms with Crippen LogP contribution in [-0.2, 0) is 6.54 Å². The Hall–Kier alpha value is -1.58. The van der Waals surface area contributed by atoms with Gasteiger partial charge in [0.1, 0.15) is 5.52 Å². The number of rotatable bonds is 2. The molecule has 3 rings (SSSR count). The van der Waals surface area contributed by atoms with Gasteiger partial charge in [-0.2, -0.15) is 0 Å². The number of fused-ring (bicyclic) bond motifs is 1. The molecule has 0 aromatic carbocycles. The molecule has 0 radical (unpaired) electrons. The van der Waals surface area contributed by atoms with E-state index < -0.39 is 0 Å². The van der Waals surface area contributed by atoms with Crippen LogP contribution in [0.25, 0.3) is 11.2 Å². The van der Waals surface area contributed by atoms with E-state index in [0.29, 0.717) is 11.4 Å². The fourth-order valence-electron chi connectivity index (χ4n) is 3.21. The molecule has 0 spiro atoms. The van der Waals surface area contributed by atoms with Crippen molar-refractivity contribution in [1.82, 2.24) is 14.5 Å². The monoisotopic (exact) mass is 258 g/mol. The fourth-order valence-corrected chi connectivity index (χ4v) is 3.21. The molecule has 2 N–H and O–H groups in total. The number of nitrogens with two attached hydrogens (primary N) is 1. The van der Waals surface area contributed by atoms with Crippen LogP contribution in [0.4, 0.5) is 5.95 Å². The van der Waals surface area contributed by atoms with Crippen molar-refractivity contribution in [2.45, 2.75) is 52.5 Å². The third-order valence-electron chi connectivity index (χ3n) is 4.36. The summed E-state index contributed by atoms with van der Waals surface area (Å²) in [5.74, 6) is 0.597. The van der Waals surface area contributed by atoms with E-state index in [4.69, 9.17) is 5.73 Å². The maximum Gasteiger partial charge on any atom is 0.202 e. The molecular formula is C15H22N4. The lowest BCUT2D eigenvalue weighted by atomic mass is 9.75. The molecule has 0 atom stereocenters. The van der Waals surface area contributed by atoms with E-state index >= 15 is 0 Å². The highest BCUT2D eigenvalue weighted by Crippen LogP contribution is 2.38. The molecule has 0 amide bonds. The Labute approximate surface area is 114 Å². The molecule has 0 aliphatic heterocycles. The van der Waals surface area contributed by atoms with Crippen molar-refractivity contribution in [3.63, 3.8) is 0 Å². The molecule has 102 valence electrons. The standard InChI is InChI=1S/C15H22N4/c1-11-6-7-12-13(17-11)19(14(16)18-12)10-15(2)8-4-3-5-9-15/h6-7H,3-5,8-10H2,1-2H3,(H2,16,18). The molecule has 1 fully saturated rings. The Kier molecular flexibility index (Phi) is 2.96. The molecule has 2 heterocycles. The summed E-state index contributed by atoms with van der Waals surface area (Å²) in [6, 6.07) is 4.00. The highest BCUT2D eigenvalue weighted by molar-refractivity contribution is 5.74. The molecule has 1 aliphatic rings. The van der Waals surface area contributed by atoms with E-state index in [1.54, 1.807) is 0 Å². The lowest BCUT2D eigenvalue weighted by molar-refractivity contribution is 0.186. The van der Waals surface area contributed by atoms with Crippen molar-refractivity contribution in [3.8, 4) is 0 Å². The van der Waals surface area contributed by atoms with Gasteiger partial charge in [-0.25, -0.2) is 9.97 Å². The molecule has 1 aliphatic carbocycles. The van der Waals surface area contributed by atoms with Crippen LogP contribution in [0.5, 0.6) is 0 Å². The average Bonchev–Trinajstić information content (AvgIpc) is 2.67. The summed E-state index contributed by atoms with van der Waals surface area (Å²) >= 11 is 0. The Morgan fingerprint density at radius 1 is 1.21 bits per heavy atom. The Balaban J connectivity index is 1.99. The Morgan fingerprint density at radius 3 is 2.68 bits per heavy atom. The molecule has 4 heteroatoms. The molecule has 0 bridgehead atoms. The van der Waals surface area contributed by atoms with Crippen molar-refractivity contribution < 1.29 is 0 Å². The zero-order valence-corrected chi connectivity index (χ0v) is 11.8. The summed E-state index contributed by atoms with van der Waals surface area (Å²) in [7, 11) is 0. The molecule has 19 heavy (non-hydrogen) atoms. The third kappa shape index (κ3) is 2.31. The Morgan fingerprint density at radius 2 is 1.95 bits per heavy atom. The number of hydrogen-bond acceptors (Lipinski definition) is 3. The summed E-state index contributed by atoms with van der Waals surface area (Å²) in [4.78, 5) is 9.04. The normalized spacial score (nSPS) is 18.8. The first-order valence-corrected chi connectivity index (χ1v) is 7.17. The summed E-state index contributed by atoms with van der Waals surface area (Å²) in [6.45, 7) is 5.31. The second-order valence-electron chi connectivity index (χ2n) is 6.22. The van der Waals surface area contributed by atoms with E-state index in [1.165, 1.54) is 32.1 Å². The molecule has 0 saturated heterocycles. The van der Waals surface area contributed by atoms with E-state index in [1.807, 2.05) is 19.1 Å². The number of aromatic nitrogens is 3. The lowest BCUT2D eigenvalue weighted by Crippen LogP contribution is -2.27. The van der Waals surface area contributed by atoms with Crippen molar-refractivity contribution in [1.29, 1.82) is 0 Å². The van der Waals surface area contributed by atoms with Gasteiger partial charge in [-0.05, 0) is 37.3 Å². The quantitative estimate of drug-likeness (QED) is 0.899. The maximum atomic E-state index is 6.09. The second-order valence-corrected chi connectivity index (χ2v) is 6.22. The summed E-state index contributed by atoms with van der Waals surface area (Å²) in [5.41, 5.74) is 9.29. The fraction of sp³-hybridized carbons (Fsp3) is 0.600. The lowest BCUT2D eigenvalue weighted by Gasteiger charge is -2.34. The number of anilines is 1. The van der Waals surface area contributed by atoms with Gasteiger partial charge < -0.3 is 5.73 Å². The van der Waals surface area contributed by atoms with E-state index in [0.717, 1.165) is 23.4 Å². The third-order valence-corrected chi connectivity index (χ3v) is 4.36. The molecule has 1 saturated carbocycles. The highest BCUT2D eigenvalue weighted by atomic mass is 15.2. The predicted octanol–water partition coefficient (Wildman–Crippen LogP) is 3.29. The first-order chi connectivity index (χ1) is 9.07. The summed E-state index contributed by atoms with van der Waals surface area (Å²) < 4.78 is 2.10. The number of imidazole rings is 1. The van der Waals surface area contributed by atoms with Crippen LogP contribution in [0, 0.1) is 12.3 Å². The molecule has 4 nitrogen and oxygen atoms in total. The van der Waals surface area contributed by atoms with Crippen molar-refractivity contribution in [2.24, 2.45) is 5.41 Å². The van der Waals surface area contributed by atoms with E-state index in [9.17, 15) is 0 Å². The van der Waals surface area contributed by atoms with Crippen LogP contribution >= 0.6 is 0 Å². The van der Waals surface area contributed by atoms with Crippen LogP contribution in [0.15, 0.2) is 12.1 Å². The van der Waals surface area contributed by atoms with E-state index in [-0.39, 0.29) is 0 Å². The molecular weight excluding hydrogens is 236 g/mol. The second kappa shape index (κ2) is 4.51. The van der Waals surface area contributed by atoms with Crippen molar-refractivity contribution in [2.75, 3.05) is 5.73 Å². The van der Waals surface area contributed by atoms with Crippen LogP contribution in [0.1, 0.15) is 44.7 Å².